The van der Waals surface area contributed by atoms with Crippen molar-refractivity contribution in [3.63, 3.8) is 0 Å². The highest BCUT2D eigenvalue weighted by Gasteiger charge is 2.11. The molecule has 0 saturated carbocycles. The summed E-state index contributed by atoms with van der Waals surface area (Å²) in [4.78, 5) is 10.9. The van der Waals surface area contributed by atoms with Crippen LogP contribution in [0.1, 0.15) is 36.2 Å². The molecule has 1 heterocycles. The van der Waals surface area contributed by atoms with Gasteiger partial charge in [-0.15, -0.1) is 10.2 Å². The predicted octanol–water partition coefficient (Wildman–Crippen LogP) is 5.47. The van der Waals surface area contributed by atoms with Gasteiger partial charge in [-0.25, -0.2) is 4.79 Å². The summed E-state index contributed by atoms with van der Waals surface area (Å²) in [5.41, 5.74) is 4.03. The minimum Gasteiger partial charge on any atom is -0.478 e. The zero-order valence-corrected chi connectivity index (χ0v) is 15.2. The molecule has 3 rings (SSSR count). The molecule has 2 aromatic carbocycles. The Kier molecular flexibility index (Phi) is 5.61. The van der Waals surface area contributed by atoms with Gasteiger partial charge in [-0.05, 0) is 60.9 Å². The fourth-order valence-electron chi connectivity index (χ4n) is 2.70. The Bertz CT molecular complexity index is 981. The molecule has 5 heteroatoms. The van der Waals surface area contributed by atoms with Gasteiger partial charge < -0.3 is 9.52 Å². The fraction of sp³-hybridized carbons (Fsp3) is 0.136. The Morgan fingerprint density at radius 1 is 0.963 bits per heavy atom. The van der Waals surface area contributed by atoms with Crippen LogP contribution >= 0.6 is 0 Å². The zero-order chi connectivity index (χ0) is 19.2. The third-order valence-corrected chi connectivity index (χ3v) is 4.04. The Labute approximate surface area is 157 Å². The molecular formula is C22H20N2O3. The second-order valence-electron chi connectivity index (χ2n) is 5.94. The van der Waals surface area contributed by atoms with Crippen LogP contribution in [0.15, 0.2) is 71.2 Å². The number of nitrogens with zero attached hydrogens (tertiary/aromatic N) is 2. The summed E-state index contributed by atoms with van der Waals surface area (Å²) in [6.07, 6.45) is 7.26. The minimum absolute atomic E-state index is 0.214. The minimum atomic E-state index is -0.970. The molecule has 0 bridgehead atoms. The van der Waals surface area contributed by atoms with Crippen LogP contribution in [0, 0.1) is 0 Å². The lowest BCUT2D eigenvalue weighted by Gasteiger charge is -2.03. The van der Waals surface area contributed by atoms with Crippen molar-refractivity contribution in [1.82, 2.24) is 10.2 Å². The van der Waals surface area contributed by atoms with Gasteiger partial charge in [0, 0.05) is 11.1 Å². The molecule has 1 N–H and O–H groups in total. The van der Waals surface area contributed by atoms with Crippen molar-refractivity contribution in [2.75, 3.05) is 0 Å². The summed E-state index contributed by atoms with van der Waals surface area (Å²) in [7, 11) is 0. The first-order valence-corrected chi connectivity index (χ1v) is 8.73. The van der Waals surface area contributed by atoms with Gasteiger partial charge in [-0.2, -0.15) is 0 Å². The molecule has 0 fully saturated rings. The average molecular weight is 360 g/mol. The van der Waals surface area contributed by atoms with Crippen molar-refractivity contribution < 1.29 is 14.3 Å². The van der Waals surface area contributed by atoms with Crippen molar-refractivity contribution in [1.29, 1.82) is 0 Å². The van der Waals surface area contributed by atoms with Gasteiger partial charge in [0.1, 0.15) is 0 Å². The lowest BCUT2D eigenvalue weighted by Crippen LogP contribution is -1.94. The van der Waals surface area contributed by atoms with Gasteiger partial charge in [0.15, 0.2) is 0 Å². The Morgan fingerprint density at radius 2 is 1.48 bits per heavy atom. The summed E-state index contributed by atoms with van der Waals surface area (Å²) in [5, 5.41) is 17.1. The smallest absolute Gasteiger partial charge is 0.335 e. The predicted molar refractivity (Wildman–Crippen MR) is 105 cm³/mol. The van der Waals surface area contributed by atoms with E-state index in [4.69, 9.17) is 9.52 Å². The molecule has 0 aliphatic carbocycles. The van der Waals surface area contributed by atoms with Crippen molar-refractivity contribution in [2.24, 2.45) is 0 Å². The molecule has 0 unspecified atom stereocenters. The number of allylic oxidation sites excluding steroid dienone is 4. The van der Waals surface area contributed by atoms with Crippen LogP contribution in [0.5, 0.6) is 0 Å². The van der Waals surface area contributed by atoms with Crippen LogP contribution in [-0.4, -0.2) is 21.3 Å². The topological polar surface area (TPSA) is 76.2 Å². The summed E-state index contributed by atoms with van der Waals surface area (Å²) in [5.74, 6) is -0.195. The lowest BCUT2D eigenvalue weighted by atomic mass is 10.0. The molecule has 5 nitrogen and oxygen atoms in total. The molecule has 3 aromatic rings. The van der Waals surface area contributed by atoms with Crippen LogP contribution in [-0.2, 0) is 0 Å². The largest absolute Gasteiger partial charge is 0.478 e. The molecule has 0 radical (unpaired) electrons. The maximum absolute atomic E-state index is 10.9. The van der Waals surface area contributed by atoms with E-state index in [1.807, 2.05) is 37.3 Å². The third kappa shape index (κ3) is 4.20. The number of carboxylic acids is 1. The van der Waals surface area contributed by atoms with E-state index < -0.39 is 5.97 Å². The summed E-state index contributed by atoms with van der Waals surface area (Å²) < 4.78 is 5.75. The van der Waals surface area contributed by atoms with Crippen LogP contribution in [0.25, 0.3) is 28.5 Å². The van der Waals surface area contributed by atoms with E-state index in [0.29, 0.717) is 17.3 Å². The Morgan fingerprint density at radius 3 is 1.93 bits per heavy atom. The number of rotatable bonds is 6. The second kappa shape index (κ2) is 8.27. The lowest BCUT2D eigenvalue weighted by molar-refractivity contribution is 0.0697. The van der Waals surface area contributed by atoms with Crippen molar-refractivity contribution in [3.05, 3.63) is 77.9 Å². The maximum Gasteiger partial charge on any atom is 0.335 e. The number of carboxylic acid groups (broad SMARTS) is 1. The molecule has 0 aliphatic rings. The van der Waals surface area contributed by atoms with Gasteiger partial charge in [0.2, 0.25) is 11.8 Å². The monoisotopic (exact) mass is 360 g/mol. The standard InChI is InChI=1S/C22H20N2O3/c1-3-5-15(6-4-2)16-7-9-17(10-8-16)20-23-24-21(27-20)18-11-13-19(14-12-18)22(25)26/h3,5-14H,4H2,1-2H3,(H,25,26)/b5-3-,15-6+. The number of hydrogen-bond acceptors (Lipinski definition) is 4. The molecule has 0 aliphatic heterocycles. The van der Waals surface area contributed by atoms with Crippen LogP contribution in [0.2, 0.25) is 0 Å². The van der Waals surface area contributed by atoms with Crippen LogP contribution < -0.4 is 0 Å². The molecule has 0 saturated heterocycles. The van der Waals surface area contributed by atoms with Gasteiger partial charge in [0.05, 0.1) is 5.56 Å². The normalized spacial score (nSPS) is 11.9. The quantitative estimate of drug-likeness (QED) is 0.590. The highest BCUT2D eigenvalue weighted by atomic mass is 16.4. The van der Waals surface area contributed by atoms with E-state index in [1.54, 1.807) is 12.1 Å². The molecule has 136 valence electrons. The first kappa shape index (κ1) is 18.3. The first-order chi connectivity index (χ1) is 13.1. The number of aromatic nitrogens is 2. The summed E-state index contributed by atoms with van der Waals surface area (Å²) in [6.45, 7) is 4.11. The van der Waals surface area contributed by atoms with Crippen molar-refractivity contribution >= 4 is 11.5 Å². The third-order valence-electron chi connectivity index (χ3n) is 4.04. The van der Waals surface area contributed by atoms with Crippen molar-refractivity contribution in [2.45, 2.75) is 20.3 Å². The Balaban J connectivity index is 1.84. The Hall–Kier alpha value is -3.47. The van der Waals surface area contributed by atoms with E-state index in [-0.39, 0.29) is 5.56 Å². The molecule has 27 heavy (non-hydrogen) atoms. The van der Waals surface area contributed by atoms with Gasteiger partial charge in [-0.1, -0.05) is 37.3 Å². The maximum atomic E-state index is 10.9. The first-order valence-electron chi connectivity index (χ1n) is 8.73. The van der Waals surface area contributed by atoms with Gasteiger partial charge in [-0.3, -0.25) is 0 Å². The molecular weight excluding hydrogens is 340 g/mol. The molecule has 0 amide bonds. The SMILES string of the molecule is C/C=C\C(=C/CC)c1ccc(-c2nnc(-c3ccc(C(=O)O)cc3)o2)cc1. The van der Waals surface area contributed by atoms with Crippen LogP contribution in [0.4, 0.5) is 0 Å². The fourth-order valence-corrected chi connectivity index (χ4v) is 2.70. The summed E-state index contributed by atoms with van der Waals surface area (Å²) >= 11 is 0. The number of benzene rings is 2. The summed E-state index contributed by atoms with van der Waals surface area (Å²) in [6, 6.07) is 14.3. The molecule has 0 atom stereocenters. The number of hydrogen-bond donors (Lipinski definition) is 1. The van der Waals surface area contributed by atoms with E-state index >= 15 is 0 Å². The highest BCUT2D eigenvalue weighted by molar-refractivity contribution is 5.88. The van der Waals surface area contributed by atoms with E-state index in [9.17, 15) is 4.79 Å². The van der Waals surface area contributed by atoms with Crippen molar-refractivity contribution in [3.8, 4) is 22.9 Å². The number of carbonyl (C=O) groups is 1. The molecule has 0 spiro atoms. The van der Waals surface area contributed by atoms with E-state index in [1.165, 1.54) is 17.7 Å². The average Bonchev–Trinajstić information content (AvgIpc) is 3.18. The second-order valence-corrected chi connectivity index (χ2v) is 5.94. The van der Waals surface area contributed by atoms with E-state index in [2.05, 4.69) is 29.3 Å². The van der Waals surface area contributed by atoms with Crippen LogP contribution in [0.3, 0.4) is 0 Å². The molecule has 1 aromatic heterocycles. The zero-order valence-electron chi connectivity index (χ0n) is 15.2. The van der Waals surface area contributed by atoms with Gasteiger partial charge >= 0.3 is 5.97 Å². The highest BCUT2D eigenvalue weighted by Crippen LogP contribution is 2.26. The van der Waals surface area contributed by atoms with Gasteiger partial charge in [0.25, 0.3) is 0 Å². The number of aromatic carboxylic acids is 1. The van der Waals surface area contributed by atoms with E-state index in [0.717, 1.165) is 17.5 Å².